The van der Waals surface area contributed by atoms with Crippen molar-refractivity contribution in [3.8, 4) is 0 Å². The average Bonchev–Trinajstić information content (AvgIpc) is 2.78. The van der Waals surface area contributed by atoms with Gasteiger partial charge in [-0.2, -0.15) is 11.8 Å². The van der Waals surface area contributed by atoms with Crippen molar-refractivity contribution >= 4 is 17.7 Å². The molecule has 0 aromatic heterocycles. The molecule has 1 aliphatic carbocycles. The summed E-state index contributed by atoms with van der Waals surface area (Å²) in [7, 11) is 0. The Kier molecular flexibility index (Phi) is 4.36. The Morgan fingerprint density at radius 3 is 2.94 bits per heavy atom. The fraction of sp³-hybridized carbons (Fsp3) is 0.923. The van der Waals surface area contributed by atoms with Crippen molar-refractivity contribution < 1.29 is 4.79 Å². The van der Waals surface area contributed by atoms with Crippen molar-refractivity contribution in [1.82, 2.24) is 5.32 Å². The Labute approximate surface area is 108 Å². The molecule has 1 saturated carbocycles. The largest absolute Gasteiger partial charge is 0.353 e. The van der Waals surface area contributed by atoms with Gasteiger partial charge >= 0.3 is 0 Å². The first-order chi connectivity index (χ1) is 8.10. The second kappa shape index (κ2) is 5.61. The van der Waals surface area contributed by atoms with E-state index in [0.29, 0.717) is 11.2 Å². The van der Waals surface area contributed by atoms with Crippen LogP contribution in [0.15, 0.2) is 0 Å². The van der Waals surface area contributed by atoms with Gasteiger partial charge in [0.1, 0.15) is 0 Å². The Balaban J connectivity index is 1.81. The Morgan fingerprint density at radius 1 is 1.47 bits per heavy atom. The number of carbonyl (C=O) groups excluding carboxylic acids is 1. The van der Waals surface area contributed by atoms with Crippen LogP contribution >= 0.6 is 11.8 Å². The van der Waals surface area contributed by atoms with E-state index < -0.39 is 5.54 Å². The number of amides is 1. The van der Waals surface area contributed by atoms with Crippen LogP contribution in [0, 0.1) is 5.92 Å². The van der Waals surface area contributed by atoms with Crippen molar-refractivity contribution in [2.75, 3.05) is 12.3 Å². The lowest BCUT2D eigenvalue weighted by Gasteiger charge is -2.35. The van der Waals surface area contributed by atoms with Gasteiger partial charge in [-0.05, 0) is 37.4 Å². The normalized spacial score (nSPS) is 38.0. The summed E-state index contributed by atoms with van der Waals surface area (Å²) < 4.78 is 0. The van der Waals surface area contributed by atoms with E-state index in [1.54, 1.807) is 0 Å². The molecule has 3 N–H and O–H groups in total. The minimum atomic E-state index is -0.596. The SMILES string of the molecule is CC1CCCC(N)(C(=O)NCC2CCCS2)C1. The van der Waals surface area contributed by atoms with Gasteiger partial charge in [0.25, 0.3) is 0 Å². The number of carbonyl (C=O) groups is 1. The molecule has 2 rings (SSSR count). The third-order valence-corrected chi connectivity index (χ3v) is 5.40. The van der Waals surface area contributed by atoms with Crippen molar-refractivity contribution in [2.45, 2.75) is 56.2 Å². The number of nitrogens with two attached hydrogens (primary N) is 1. The maximum Gasteiger partial charge on any atom is 0.240 e. The summed E-state index contributed by atoms with van der Waals surface area (Å²) >= 11 is 1.97. The minimum absolute atomic E-state index is 0.0801. The van der Waals surface area contributed by atoms with E-state index in [-0.39, 0.29) is 5.91 Å². The van der Waals surface area contributed by atoms with Crippen LogP contribution in [0.25, 0.3) is 0 Å². The molecule has 3 atom stereocenters. The summed E-state index contributed by atoms with van der Waals surface area (Å²) in [6.07, 6.45) is 6.51. The lowest BCUT2D eigenvalue weighted by molar-refractivity contribution is -0.128. The Hall–Kier alpha value is -0.220. The first-order valence-corrected chi connectivity index (χ1v) is 7.84. The highest BCUT2D eigenvalue weighted by atomic mass is 32.2. The molecule has 0 radical (unpaired) electrons. The number of hydrogen-bond donors (Lipinski definition) is 2. The van der Waals surface area contributed by atoms with Crippen molar-refractivity contribution in [3.05, 3.63) is 0 Å². The highest BCUT2D eigenvalue weighted by molar-refractivity contribution is 8.00. The standard InChI is InChI=1S/C13H24N2OS/c1-10-4-2-6-13(14,8-10)12(16)15-9-11-5-3-7-17-11/h10-11H,2-9,14H2,1H3,(H,15,16). The number of thioether (sulfide) groups is 1. The van der Waals surface area contributed by atoms with Gasteiger partial charge in [0, 0.05) is 11.8 Å². The second-order valence-electron chi connectivity index (χ2n) is 5.70. The molecular weight excluding hydrogens is 232 g/mol. The number of rotatable bonds is 3. The first-order valence-electron chi connectivity index (χ1n) is 6.79. The topological polar surface area (TPSA) is 55.1 Å². The molecule has 2 fully saturated rings. The van der Waals surface area contributed by atoms with Crippen LogP contribution in [0.5, 0.6) is 0 Å². The fourth-order valence-corrected chi connectivity index (χ4v) is 4.19. The molecule has 3 nitrogen and oxygen atoms in total. The highest BCUT2D eigenvalue weighted by Crippen LogP contribution is 2.31. The van der Waals surface area contributed by atoms with Crippen LogP contribution in [0.2, 0.25) is 0 Å². The zero-order valence-electron chi connectivity index (χ0n) is 10.7. The zero-order valence-corrected chi connectivity index (χ0v) is 11.5. The van der Waals surface area contributed by atoms with Crippen LogP contribution in [0.3, 0.4) is 0 Å². The first kappa shape index (κ1) is 13.2. The monoisotopic (exact) mass is 256 g/mol. The van der Waals surface area contributed by atoms with E-state index >= 15 is 0 Å². The van der Waals surface area contributed by atoms with Crippen LogP contribution in [0.4, 0.5) is 0 Å². The summed E-state index contributed by atoms with van der Waals surface area (Å²) in [5.74, 6) is 1.91. The van der Waals surface area contributed by atoms with Crippen LogP contribution < -0.4 is 11.1 Å². The summed E-state index contributed by atoms with van der Waals surface area (Å²) in [6, 6.07) is 0. The molecule has 1 amide bonds. The van der Waals surface area contributed by atoms with Crippen LogP contribution in [-0.4, -0.2) is 29.0 Å². The molecule has 2 aliphatic rings. The lowest BCUT2D eigenvalue weighted by Crippen LogP contribution is -2.56. The summed E-state index contributed by atoms with van der Waals surface area (Å²) in [5, 5.41) is 3.69. The summed E-state index contributed by atoms with van der Waals surface area (Å²) in [6.45, 7) is 3.00. The van der Waals surface area contributed by atoms with Crippen LogP contribution in [-0.2, 0) is 4.79 Å². The number of nitrogens with one attached hydrogen (secondary N) is 1. The molecule has 1 aliphatic heterocycles. The number of hydrogen-bond acceptors (Lipinski definition) is 3. The van der Waals surface area contributed by atoms with E-state index in [0.717, 1.165) is 25.8 Å². The van der Waals surface area contributed by atoms with E-state index in [2.05, 4.69) is 12.2 Å². The molecule has 17 heavy (non-hydrogen) atoms. The van der Waals surface area contributed by atoms with Crippen LogP contribution in [0.1, 0.15) is 45.4 Å². The van der Waals surface area contributed by atoms with Gasteiger partial charge in [-0.15, -0.1) is 0 Å². The molecule has 98 valence electrons. The van der Waals surface area contributed by atoms with E-state index in [1.165, 1.54) is 25.0 Å². The van der Waals surface area contributed by atoms with Gasteiger partial charge in [-0.25, -0.2) is 0 Å². The molecule has 0 bridgehead atoms. The van der Waals surface area contributed by atoms with E-state index in [9.17, 15) is 4.79 Å². The van der Waals surface area contributed by atoms with Gasteiger partial charge in [0.05, 0.1) is 5.54 Å². The van der Waals surface area contributed by atoms with Crippen molar-refractivity contribution in [1.29, 1.82) is 0 Å². The quantitative estimate of drug-likeness (QED) is 0.811. The van der Waals surface area contributed by atoms with Crippen molar-refractivity contribution in [2.24, 2.45) is 11.7 Å². The molecule has 0 aromatic rings. The Morgan fingerprint density at radius 2 is 2.29 bits per heavy atom. The molecule has 0 aromatic carbocycles. The van der Waals surface area contributed by atoms with Gasteiger partial charge < -0.3 is 11.1 Å². The molecule has 1 saturated heterocycles. The molecule has 1 heterocycles. The van der Waals surface area contributed by atoms with E-state index in [1.807, 2.05) is 11.8 Å². The smallest absolute Gasteiger partial charge is 0.240 e. The Bertz CT molecular complexity index is 279. The van der Waals surface area contributed by atoms with E-state index in [4.69, 9.17) is 5.73 Å². The maximum atomic E-state index is 12.2. The summed E-state index contributed by atoms with van der Waals surface area (Å²) in [5.41, 5.74) is 5.66. The predicted molar refractivity (Wildman–Crippen MR) is 73.0 cm³/mol. The third kappa shape index (κ3) is 3.38. The van der Waals surface area contributed by atoms with Gasteiger partial charge in [-0.3, -0.25) is 4.79 Å². The highest BCUT2D eigenvalue weighted by Gasteiger charge is 2.37. The van der Waals surface area contributed by atoms with Gasteiger partial charge in [-0.1, -0.05) is 19.8 Å². The predicted octanol–water partition coefficient (Wildman–Crippen LogP) is 1.91. The van der Waals surface area contributed by atoms with Gasteiger partial charge in [0.2, 0.25) is 5.91 Å². The zero-order chi connectivity index (χ0) is 12.3. The second-order valence-corrected chi connectivity index (χ2v) is 7.11. The lowest BCUT2D eigenvalue weighted by atomic mass is 9.76. The third-order valence-electron chi connectivity index (χ3n) is 4.00. The summed E-state index contributed by atoms with van der Waals surface area (Å²) in [4.78, 5) is 12.2. The fourth-order valence-electron chi connectivity index (χ4n) is 2.99. The van der Waals surface area contributed by atoms with Crippen molar-refractivity contribution in [3.63, 3.8) is 0 Å². The average molecular weight is 256 g/mol. The minimum Gasteiger partial charge on any atom is -0.353 e. The molecule has 3 unspecified atom stereocenters. The maximum absolute atomic E-state index is 12.2. The molecular formula is C13H24N2OS. The molecule has 0 spiro atoms. The van der Waals surface area contributed by atoms with Gasteiger partial charge in [0.15, 0.2) is 0 Å². The molecule has 4 heteroatoms.